The van der Waals surface area contributed by atoms with Crippen LogP contribution in [0.3, 0.4) is 0 Å². The van der Waals surface area contributed by atoms with Crippen molar-refractivity contribution in [2.24, 2.45) is 5.41 Å². The van der Waals surface area contributed by atoms with Gasteiger partial charge >= 0.3 is 0 Å². The highest BCUT2D eigenvalue weighted by Crippen LogP contribution is 2.49. The first kappa shape index (κ1) is 20.7. The number of anilines is 1. The minimum atomic E-state index is -0.521. The van der Waals surface area contributed by atoms with E-state index in [0.717, 1.165) is 68.1 Å². The van der Waals surface area contributed by atoms with Crippen LogP contribution in [-0.4, -0.2) is 34.6 Å². The molecule has 1 aromatic carbocycles. The summed E-state index contributed by atoms with van der Waals surface area (Å²) in [5.74, 6) is 2.75. The average Bonchev–Trinajstić information content (AvgIpc) is 2.94. The van der Waals surface area contributed by atoms with Crippen LogP contribution in [0.1, 0.15) is 71.8 Å². The molecule has 27 heavy (non-hydrogen) atoms. The number of hydrogen-bond acceptors (Lipinski definition) is 3. The maximum absolute atomic E-state index is 10.9. The lowest BCUT2D eigenvalue weighted by Crippen LogP contribution is -2.44. The van der Waals surface area contributed by atoms with Gasteiger partial charge in [-0.1, -0.05) is 39.8 Å². The van der Waals surface area contributed by atoms with Gasteiger partial charge in [-0.25, -0.2) is 0 Å². The first-order chi connectivity index (χ1) is 12.7. The molecule has 1 aromatic rings. The molecule has 1 heterocycles. The second kappa shape index (κ2) is 7.79. The van der Waals surface area contributed by atoms with E-state index in [4.69, 9.17) is 5.41 Å². The van der Waals surface area contributed by atoms with Crippen molar-refractivity contribution >= 4 is 23.3 Å². The standard InChI is InChI=1S/C23H36N2OS/c1-5-16-27-17-23(26)12-10-22(11-13-23)14-15-25(20(22)24)19-8-6-18(7-9-19)21(2,3)4/h6-9,24,26H,5,10-17H2,1-4H3. The number of rotatable bonds is 5. The van der Waals surface area contributed by atoms with Gasteiger partial charge < -0.3 is 10.0 Å². The van der Waals surface area contributed by atoms with E-state index in [1.807, 2.05) is 11.8 Å². The van der Waals surface area contributed by atoms with Crippen molar-refractivity contribution in [3.05, 3.63) is 29.8 Å². The van der Waals surface area contributed by atoms with E-state index < -0.39 is 5.60 Å². The van der Waals surface area contributed by atoms with Crippen LogP contribution in [0, 0.1) is 10.8 Å². The molecule has 1 saturated heterocycles. The Morgan fingerprint density at radius 3 is 2.26 bits per heavy atom. The van der Waals surface area contributed by atoms with Gasteiger partial charge in [-0.05, 0) is 67.4 Å². The van der Waals surface area contributed by atoms with Gasteiger partial charge in [0.05, 0.1) is 5.60 Å². The molecule has 0 atom stereocenters. The average molecular weight is 389 g/mol. The van der Waals surface area contributed by atoms with E-state index in [9.17, 15) is 5.11 Å². The van der Waals surface area contributed by atoms with Crippen LogP contribution in [0.15, 0.2) is 24.3 Å². The second-order valence-corrected chi connectivity index (χ2v) is 10.7. The Balaban J connectivity index is 1.65. The van der Waals surface area contributed by atoms with Crippen LogP contribution in [0.4, 0.5) is 5.69 Å². The first-order valence-electron chi connectivity index (χ1n) is 10.5. The molecule has 1 spiro atoms. The zero-order valence-corrected chi connectivity index (χ0v) is 18.3. The Bertz CT molecular complexity index is 654. The van der Waals surface area contributed by atoms with Gasteiger partial charge in [-0.15, -0.1) is 0 Å². The Morgan fingerprint density at radius 2 is 1.70 bits per heavy atom. The maximum Gasteiger partial charge on any atom is 0.107 e. The minimum absolute atomic E-state index is 0.0235. The Labute approximate surface area is 169 Å². The molecule has 1 aliphatic heterocycles. The number of nitrogens with one attached hydrogen (secondary N) is 1. The molecule has 0 unspecified atom stereocenters. The predicted molar refractivity (Wildman–Crippen MR) is 118 cm³/mol. The number of nitrogens with zero attached hydrogens (tertiary/aromatic N) is 1. The molecule has 0 bridgehead atoms. The third-order valence-corrected chi connectivity index (χ3v) is 7.93. The molecule has 150 valence electrons. The Morgan fingerprint density at radius 1 is 1.07 bits per heavy atom. The summed E-state index contributed by atoms with van der Waals surface area (Å²) in [4.78, 5) is 2.20. The fraction of sp³-hybridized carbons (Fsp3) is 0.696. The van der Waals surface area contributed by atoms with Crippen LogP contribution in [0.5, 0.6) is 0 Å². The lowest BCUT2D eigenvalue weighted by Gasteiger charge is -2.42. The van der Waals surface area contributed by atoms with Crippen molar-refractivity contribution < 1.29 is 5.11 Å². The van der Waals surface area contributed by atoms with Gasteiger partial charge in [-0.3, -0.25) is 5.41 Å². The van der Waals surface area contributed by atoms with Crippen molar-refractivity contribution in [1.29, 1.82) is 5.41 Å². The highest BCUT2D eigenvalue weighted by atomic mass is 32.2. The minimum Gasteiger partial charge on any atom is -0.389 e. The maximum atomic E-state index is 10.9. The summed E-state index contributed by atoms with van der Waals surface area (Å²) in [6.07, 6.45) is 5.78. The van der Waals surface area contributed by atoms with Gasteiger partial charge in [-0.2, -0.15) is 11.8 Å². The molecule has 1 aliphatic carbocycles. The van der Waals surface area contributed by atoms with E-state index in [0.29, 0.717) is 0 Å². The Hall–Kier alpha value is -1.00. The summed E-state index contributed by atoms with van der Waals surface area (Å²) in [5, 5.41) is 19.8. The van der Waals surface area contributed by atoms with Crippen LogP contribution >= 0.6 is 11.8 Å². The molecule has 3 rings (SSSR count). The highest BCUT2D eigenvalue weighted by molar-refractivity contribution is 7.99. The molecular formula is C23H36N2OS. The van der Waals surface area contributed by atoms with Crippen LogP contribution in [0.2, 0.25) is 0 Å². The lowest BCUT2D eigenvalue weighted by molar-refractivity contribution is 0.00223. The topological polar surface area (TPSA) is 47.3 Å². The zero-order valence-electron chi connectivity index (χ0n) is 17.5. The van der Waals surface area contributed by atoms with Gasteiger partial charge in [0.2, 0.25) is 0 Å². The summed E-state index contributed by atoms with van der Waals surface area (Å²) >= 11 is 1.88. The third-order valence-electron chi connectivity index (χ3n) is 6.49. The molecule has 4 heteroatoms. The molecule has 3 nitrogen and oxygen atoms in total. The normalized spacial score (nSPS) is 28.9. The number of thioether (sulfide) groups is 1. The SMILES string of the molecule is CCCSCC1(O)CCC2(CCN(c3ccc(C(C)(C)C)cc3)C2=N)CC1. The van der Waals surface area contributed by atoms with E-state index >= 15 is 0 Å². The van der Waals surface area contributed by atoms with Crippen LogP contribution in [0.25, 0.3) is 0 Å². The number of benzene rings is 1. The number of amidine groups is 1. The smallest absolute Gasteiger partial charge is 0.107 e. The quantitative estimate of drug-likeness (QED) is 0.645. The Kier molecular flexibility index (Phi) is 5.98. The first-order valence-corrected chi connectivity index (χ1v) is 11.6. The van der Waals surface area contributed by atoms with Crippen LogP contribution < -0.4 is 4.90 Å². The molecular weight excluding hydrogens is 352 g/mol. The molecule has 1 saturated carbocycles. The molecule has 2 aliphatic rings. The van der Waals surface area contributed by atoms with Crippen molar-refractivity contribution in [3.63, 3.8) is 0 Å². The summed E-state index contributed by atoms with van der Waals surface area (Å²) in [6, 6.07) is 8.76. The lowest BCUT2D eigenvalue weighted by atomic mass is 9.68. The third kappa shape index (κ3) is 4.37. The van der Waals surface area contributed by atoms with Crippen LogP contribution in [-0.2, 0) is 5.41 Å². The second-order valence-electron chi connectivity index (χ2n) is 9.60. The fourth-order valence-electron chi connectivity index (χ4n) is 4.47. The van der Waals surface area contributed by atoms with E-state index in [1.54, 1.807) is 0 Å². The summed E-state index contributed by atoms with van der Waals surface area (Å²) in [6.45, 7) is 9.82. The summed E-state index contributed by atoms with van der Waals surface area (Å²) < 4.78 is 0. The van der Waals surface area contributed by atoms with Gasteiger partial charge in [0.15, 0.2) is 0 Å². The summed E-state index contributed by atoms with van der Waals surface area (Å²) in [5.41, 5.74) is 2.09. The van der Waals surface area contributed by atoms with Crippen molar-refractivity contribution in [2.45, 2.75) is 77.2 Å². The molecule has 2 fully saturated rings. The number of hydrogen-bond donors (Lipinski definition) is 2. The molecule has 0 amide bonds. The van der Waals surface area contributed by atoms with E-state index in [2.05, 4.69) is 56.9 Å². The summed E-state index contributed by atoms with van der Waals surface area (Å²) in [7, 11) is 0. The largest absolute Gasteiger partial charge is 0.389 e. The van der Waals surface area contributed by atoms with Crippen molar-refractivity contribution in [1.82, 2.24) is 0 Å². The number of aliphatic hydroxyl groups is 1. The van der Waals surface area contributed by atoms with Gasteiger partial charge in [0.25, 0.3) is 0 Å². The van der Waals surface area contributed by atoms with E-state index in [1.165, 1.54) is 5.56 Å². The molecule has 2 N–H and O–H groups in total. The van der Waals surface area contributed by atoms with Gasteiger partial charge in [0, 0.05) is 23.4 Å². The zero-order chi connectivity index (χ0) is 19.7. The predicted octanol–water partition coefficient (Wildman–Crippen LogP) is 5.61. The fourth-order valence-corrected chi connectivity index (χ4v) is 5.58. The van der Waals surface area contributed by atoms with Crippen molar-refractivity contribution in [2.75, 3.05) is 23.0 Å². The van der Waals surface area contributed by atoms with Crippen molar-refractivity contribution in [3.8, 4) is 0 Å². The van der Waals surface area contributed by atoms with E-state index in [-0.39, 0.29) is 10.8 Å². The monoisotopic (exact) mass is 388 g/mol. The molecule has 0 aromatic heterocycles. The molecule has 0 radical (unpaired) electrons. The van der Waals surface area contributed by atoms with Gasteiger partial charge in [0.1, 0.15) is 5.84 Å². The highest BCUT2D eigenvalue weighted by Gasteiger charge is 2.49.